The number of hydrogen-bond acceptors (Lipinski definition) is 4. The number of amides is 1. The van der Waals surface area contributed by atoms with Crippen molar-refractivity contribution in [2.75, 3.05) is 0 Å². The normalized spacial score (nSPS) is 15.2. The van der Waals surface area contributed by atoms with Gasteiger partial charge in [0, 0.05) is 23.8 Å². The van der Waals surface area contributed by atoms with Crippen molar-refractivity contribution in [3.63, 3.8) is 0 Å². The van der Waals surface area contributed by atoms with Crippen molar-refractivity contribution >= 4 is 28.1 Å². The van der Waals surface area contributed by atoms with Gasteiger partial charge in [0.2, 0.25) is 0 Å². The molecule has 4 rings (SSSR count). The Kier molecular flexibility index (Phi) is 4.24. The lowest BCUT2D eigenvalue weighted by atomic mass is 9.95. The number of thiazole rings is 1. The van der Waals surface area contributed by atoms with E-state index in [0.717, 1.165) is 34.2 Å². The summed E-state index contributed by atoms with van der Waals surface area (Å²) in [6, 6.07) is 6.29. The van der Waals surface area contributed by atoms with E-state index in [2.05, 4.69) is 21.4 Å². The topological polar surface area (TPSA) is 81.6 Å². The summed E-state index contributed by atoms with van der Waals surface area (Å²) in [4.78, 5) is 21.1. The van der Waals surface area contributed by atoms with E-state index in [1.54, 1.807) is 17.9 Å². The van der Waals surface area contributed by atoms with Gasteiger partial charge in [-0.05, 0) is 30.5 Å². The van der Waals surface area contributed by atoms with Crippen LogP contribution in [0.15, 0.2) is 30.0 Å². The Bertz CT molecular complexity index is 946. The van der Waals surface area contributed by atoms with Crippen LogP contribution in [-0.2, 0) is 0 Å². The van der Waals surface area contributed by atoms with Gasteiger partial charge in [0.25, 0.3) is 5.91 Å². The Labute approximate surface area is 149 Å². The van der Waals surface area contributed by atoms with Crippen molar-refractivity contribution in [3.8, 4) is 16.5 Å². The molecular formula is C19H18N4OS. The van der Waals surface area contributed by atoms with Crippen LogP contribution >= 0.6 is 11.3 Å². The second kappa shape index (κ2) is 6.69. The molecule has 0 aliphatic heterocycles. The fourth-order valence-electron chi connectivity index (χ4n) is 3.51. The van der Waals surface area contributed by atoms with Gasteiger partial charge < -0.3 is 10.3 Å². The highest BCUT2D eigenvalue weighted by Crippen LogP contribution is 2.31. The van der Waals surface area contributed by atoms with Crippen molar-refractivity contribution in [1.29, 1.82) is 5.26 Å². The standard InChI is InChI=1S/C19H18N4OS/c20-8-13-9-22-18-15(13)6-12(17-10-21-11-25-17)7-16(18)19(24)23-14-4-2-1-3-5-14/h6-7,9-11,14,22H,1-5H2,(H,23,24). The maximum Gasteiger partial charge on any atom is 0.253 e. The lowest BCUT2D eigenvalue weighted by Gasteiger charge is -2.23. The molecule has 3 aromatic rings. The molecule has 5 nitrogen and oxygen atoms in total. The summed E-state index contributed by atoms with van der Waals surface area (Å²) in [5.74, 6) is -0.0744. The maximum atomic E-state index is 12.9. The number of carbonyl (C=O) groups is 1. The first-order chi connectivity index (χ1) is 12.3. The minimum atomic E-state index is -0.0744. The molecule has 1 aliphatic rings. The molecule has 2 heterocycles. The number of nitriles is 1. The van der Waals surface area contributed by atoms with Crippen LogP contribution in [0, 0.1) is 11.3 Å². The zero-order chi connectivity index (χ0) is 17.2. The second-order valence-corrected chi connectivity index (χ2v) is 7.32. The third kappa shape index (κ3) is 3.03. The van der Waals surface area contributed by atoms with Crippen LogP contribution in [0.5, 0.6) is 0 Å². The predicted octanol–water partition coefficient (Wildman–Crippen LogP) is 4.23. The molecule has 1 saturated carbocycles. The van der Waals surface area contributed by atoms with Crippen molar-refractivity contribution in [2.45, 2.75) is 38.1 Å². The molecule has 0 bridgehead atoms. The predicted molar refractivity (Wildman–Crippen MR) is 98.5 cm³/mol. The molecule has 1 amide bonds. The number of nitrogens with zero attached hydrogens (tertiary/aromatic N) is 2. The lowest BCUT2D eigenvalue weighted by Crippen LogP contribution is -2.36. The minimum Gasteiger partial charge on any atom is -0.359 e. The zero-order valence-corrected chi connectivity index (χ0v) is 14.5. The molecule has 0 spiro atoms. The molecule has 0 saturated heterocycles. The average Bonchev–Trinajstić information content (AvgIpc) is 3.31. The Morgan fingerprint density at radius 3 is 2.88 bits per heavy atom. The van der Waals surface area contributed by atoms with Crippen LogP contribution in [0.1, 0.15) is 48.0 Å². The fraction of sp³-hybridized carbons (Fsp3) is 0.316. The van der Waals surface area contributed by atoms with Crippen LogP contribution < -0.4 is 5.32 Å². The summed E-state index contributed by atoms with van der Waals surface area (Å²) in [7, 11) is 0. The van der Waals surface area contributed by atoms with E-state index in [4.69, 9.17) is 0 Å². The van der Waals surface area contributed by atoms with Crippen molar-refractivity contribution in [2.24, 2.45) is 0 Å². The van der Waals surface area contributed by atoms with Crippen LogP contribution in [-0.4, -0.2) is 21.9 Å². The van der Waals surface area contributed by atoms with E-state index in [1.165, 1.54) is 30.6 Å². The number of carbonyl (C=O) groups excluding carboxylic acids is 1. The monoisotopic (exact) mass is 350 g/mol. The van der Waals surface area contributed by atoms with Crippen LogP contribution in [0.2, 0.25) is 0 Å². The fourth-order valence-corrected chi connectivity index (χ4v) is 4.13. The minimum absolute atomic E-state index is 0.0744. The van der Waals surface area contributed by atoms with Gasteiger partial charge in [-0.3, -0.25) is 9.78 Å². The van der Waals surface area contributed by atoms with Crippen molar-refractivity contribution in [3.05, 3.63) is 41.2 Å². The Morgan fingerprint density at radius 1 is 1.32 bits per heavy atom. The van der Waals surface area contributed by atoms with Crippen LogP contribution in [0.3, 0.4) is 0 Å². The average molecular weight is 350 g/mol. The smallest absolute Gasteiger partial charge is 0.253 e. The van der Waals surface area contributed by atoms with Gasteiger partial charge in [-0.1, -0.05) is 19.3 Å². The van der Waals surface area contributed by atoms with Gasteiger partial charge in [-0.15, -0.1) is 11.3 Å². The molecule has 0 unspecified atom stereocenters. The largest absolute Gasteiger partial charge is 0.359 e. The first-order valence-corrected chi connectivity index (χ1v) is 9.39. The quantitative estimate of drug-likeness (QED) is 0.742. The van der Waals surface area contributed by atoms with Gasteiger partial charge in [-0.25, -0.2) is 0 Å². The first kappa shape index (κ1) is 15.9. The number of rotatable bonds is 3. The molecule has 0 radical (unpaired) electrons. The number of nitrogens with one attached hydrogen (secondary N) is 2. The SMILES string of the molecule is N#Cc1c[nH]c2c(C(=O)NC3CCCCC3)cc(-c3cncs3)cc12. The first-order valence-electron chi connectivity index (χ1n) is 8.51. The number of H-pyrrole nitrogens is 1. The Morgan fingerprint density at radius 2 is 2.16 bits per heavy atom. The summed E-state index contributed by atoms with van der Waals surface area (Å²) >= 11 is 1.52. The summed E-state index contributed by atoms with van der Waals surface area (Å²) in [6.07, 6.45) is 9.12. The number of aromatic amines is 1. The molecule has 1 aromatic carbocycles. The Hall–Kier alpha value is -2.65. The molecular weight excluding hydrogens is 332 g/mol. The number of benzene rings is 1. The van der Waals surface area contributed by atoms with Gasteiger partial charge in [0.15, 0.2) is 0 Å². The number of hydrogen-bond donors (Lipinski definition) is 2. The highest BCUT2D eigenvalue weighted by Gasteiger charge is 2.20. The molecule has 2 aromatic heterocycles. The molecule has 1 fully saturated rings. The van der Waals surface area contributed by atoms with Gasteiger partial charge in [0.1, 0.15) is 6.07 Å². The van der Waals surface area contributed by atoms with E-state index in [-0.39, 0.29) is 11.9 Å². The number of fused-ring (bicyclic) bond motifs is 1. The molecule has 0 atom stereocenters. The Balaban J connectivity index is 1.77. The third-order valence-corrected chi connectivity index (χ3v) is 5.63. The third-order valence-electron chi connectivity index (χ3n) is 4.81. The van der Waals surface area contributed by atoms with Crippen LogP contribution in [0.25, 0.3) is 21.3 Å². The van der Waals surface area contributed by atoms with E-state index in [1.807, 2.05) is 12.1 Å². The number of aromatic nitrogens is 2. The summed E-state index contributed by atoms with van der Waals surface area (Å²) in [6.45, 7) is 0. The highest BCUT2D eigenvalue weighted by molar-refractivity contribution is 7.13. The highest BCUT2D eigenvalue weighted by atomic mass is 32.1. The summed E-state index contributed by atoms with van der Waals surface area (Å²) in [5, 5.41) is 13.3. The van der Waals surface area contributed by atoms with E-state index in [0.29, 0.717) is 11.1 Å². The maximum absolute atomic E-state index is 12.9. The molecule has 25 heavy (non-hydrogen) atoms. The summed E-state index contributed by atoms with van der Waals surface area (Å²) in [5.41, 5.74) is 4.54. The zero-order valence-electron chi connectivity index (χ0n) is 13.7. The van der Waals surface area contributed by atoms with Crippen molar-refractivity contribution in [1.82, 2.24) is 15.3 Å². The molecule has 2 N–H and O–H groups in total. The van der Waals surface area contributed by atoms with Crippen LogP contribution in [0.4, 0.5) is 0 Å². The summed E-state index contributed by atoms with van der Waals surface area (Å²) < 4.78 is 0. The molecule has 126 valence electrons. The van der Waals surface area contributed by atoms with E-state index < -0.39 is 0 Å². The van der Waals surface area contributed by atoms with Gasteiger partial charge >= 0.3 is 0 Å². The van der Waals surface area contributed by atoms with E-state index in [9.17, 15) is 10.1 Å². The van der Waals surface area contributed by atoms with Crippen molar-refractivity contribution < 1.29 is 4.79 Å². The van der Waals surface area contributed by atoms with E-state index >= 15 is 0 Å². The molecule has 1 aliphatic carbocycles. The van der Waals surface area contributed by atoms with Gasteiger partial charge in [0.05, 0.1) is 27.0 Å². The molecule has 6 heteroatoms. The van der Waals surface area contributed by atoms with Gasteiger partial charge in [-0.2, -0.15) is 5.26 Å². The second-order valence-electron chi connectivity index (χ2n) is 6.43. The lowest BCUT2D eigenvalue weighted by molar-refractivity contribution is 0.0929.